The van der Waals surface area contributed by atoms with Crippen molar-refractivity contribution in [1.29, 1.82) is 0 Å². The number of hydrogen-bond donors (Lipinski definition) is 3. The van der Waals surface area contributed by atoms with Gasteiger partial charge < -0.3 is 20.7 Å². The van der Waals surface area contributed by atoms with Crippen LogP contribution in [-0.2, 0) is 22.8 Å². The highest BCUT2D eigenvalue weighted by atomic mass is 19.4. The Morgan fingerprint density at radius 3 is 2.32 bits per heavy atom. The van der Waals surface area contributed by atoms with Crippen LogP contribution >= 0.6 is 0 Å². The van der Waals surface area contributed by atoms with Gasteiger partial charge in [0.2, 0.25) is 5.91 Å². The smallest absolute Gasteiger partial charge is 0.435 e. The number of nitrogens with one attached hydrogen (secondary N) is 3. The second-order valence-corrected chi connectivity index (χ2v) is 4.99. The lowest BCUT2D eigenvalue weighted by molar-refractivity contribution is -0.141. The van der Waals surface area contributed by atoms with Crippen LogP contribution in [0.3, 0.4) is 0 Å². The third-order valence-electron chi connectivity index (χ3n) is 3.12. The predicted octanol–water partition coefficient (Wildman–Crippen LogP) is 0.0278. The Morgan fingerprint density at radius 2 is 1.84 bits per heavy atom. The van der Waals surface area contributed by atoms with E-state index in [4.69, 9.17) is 4.74 Å². The summed E-state index contributed by atoms with van der Waals surface area (Å²) in [6.45, 7) is 1.31. The molecule has 1 aromatic heterocycles. The summed E-state index contributed by atoms with van der Waals surface area (Å²) in [4.78, 5) is 35.4. The lowest BCUT2D eigenvalue weighted by Gasteiger charge is -2.23. The first-order chi connectivity index (χ1) is 11.5. The van der Waals surface area contributed by atoms with E-state index < -0.39 is 47.5 Å². The fraction of sp³-hybridized carbons (Fsp3) is 0.538. The third-order valence-corrected chi connectivity index (χ3v) is 3.12. The zero-order chi connectivity index (χ0) is 19.4. The van der Waals surface area contributed by atoms with Gasteiger partial charge in [0.15, 0.2) is 5.69 Å². The molecule has 0 aromatic carbocycles. The summed E-state index contributed by atoms with van der Waals surface area (Å²) in [5.41, 5.74) is -2.14. The van der Waals surface area contributed by atoms with Crippen molar-refractivity contribution in [2.45, 2.75) is 25.2 Å². The monoisotopic (exact) mass is 365 g/mol. The van der Waals surface area contributed by atoms with Gasteiger partial charge in [0.25, 0.3) is 5.91 Å². The summed E-state index contributed by atoms with van der Waals surface area (Å²) in [6.07, 6.45) is -5.98. The van der Waals surface area contributed by atoms with Crippen LogP contribution in [-0.4, -0.2) is 53.9 Å². The topological polar surface area (TPSA) is 114 Å². The van der Waals surface area contributed by atoms with E-state index in [1.807, 2.05) is 0 Å². The maximum Gasteiger partial charge on any atom is 0.435 e. The molecule has 0 bridgehead atoms. The molecule has 0 aliphatic carbocycles. The molecule has 3 amide bonds. The van der Waals surface area contributed by atoms with Crippen LogP contribution in [0, 0.1) is 0 Å². The maximum atomic E-state index is 12.9. The number of carbonyl (C=O) groups is 3. The average molecular weight is 365 g/mol. The number of alkyl halides is 3. The van der Waals surface area contributed by atoms with Crippen LogP contribution in [0.5, 0.6) is 0 Å². The Bertz CT molecular complexity index is 659. The molecule has 0 aliphatic rings. The van der Waals surface area contributed by atoms with Crippen molar-refractivity contribution in [1.82, 2.24) is 25.7 Å². The predicted molar refractivity (Wildman–Crippen MR) is 78.5 cm³/mol. The van der Waals surface area contributed by atoms with Crippen molar-refractivity contribution >= 4 is 17.9 Å². The van der Waals surface area contributed by atoms with Crippen molar-refractivity contribution < 1.29 is 32.3 Å². The van der Waals surface area contributed by atoms with Gasteiger partial charge >= 0.3 is 12.3 Å². The second kappa shape index (κ2) is 7.85. The lowest BCUT2D eigenvalue weighted by atomic mass is 10.1. The van der Waals surface area contributed by atoms with Gasteiger partial charge in [-0.3, -0.25) is 14.3 Å². The number of amides is 3. The molecule has 2 atom stereocenters. The first kappa shape index (κ1) is 20.3. The van der Waals surface area contributed by atoms with Gasteiger partial charge in [-0.15, -0.1) is 0 Å². The van der Waals surface area contributed by atoms with Gasteiger partial charge in [0.05, 0.1) is 5.56 Å². The zero-order valence-corrected chi connectivity index (χ0v) is 13.9. The highest BCUT2D eigenvalue weighted by Crippen LogP contribution is 2.30. The van der Waals surface area contributed by atoms with E-state index in [9.17, 15) is 27.6 Å². The number of nitrogens with zero attached hydrogens (tertiary/aromatic N) is 2. The van der Waals surface area contributed by atoms with E-state index in [1.165, 1.54) is 28.1 Å². The zero-order valence-electron chi connectivity index (χ0n) is 13.9. The summed E-state index contributed by atoms with van der Waals surface area (Å²) in [5.74, 6) is -1.93. The summed E-state index contributed by atoms with van der Waals surface area (Å²) < 4.78 is 44.5. The van der Waals surface area contributed by atoms with E-state index in [1.54, 1.807) is 0 Å². The minimum absolute atomic E-state index is 0.748. The molecule has 0 radical (unpaired) electrons. The fourth-order valence-electron chi connectivity index (χ4n) is 1.93. The first-order valence-electron chi connectivity index (χ1n) is 7.02. The van der Waals surface area contributed by atoms with Crippen LogP contribution in [0.4, 0.5) is 18.0 Å². The van der Waals surface area contributed by atoms with Crippen molar-refractivity contribution in [2.24, 2.45) is 7.05 Å². The van der Waals surface area contributed by atoms with Crippen molar-refractivity contribution in [3.8, 4) is 0 Å². The van der Waals surface area contributed by atoms with E-state index >= 15 is 0 Å². The van der Waals surface area contributed by atoms with Crippen LogP contribution in [0.2, 0.25) is 0 Å². The van der Waals surface area contributed by atoms with E-state index in [2.05, 4.69) is 21.0 Å². The number of aryl methyl sites for hydroxylation is 1. The molecule has 0 saturated carbocycles. The highest BCUT2D eigenvalue weighted by Gasteiger charge is 2.40. The minimum Gasteiger partial charge on any atom is -0.444 e. The van der Waals surface area contributed by atoms with Gasteiger partial charge in [-0.05, 0) is 6.92 Å². The number of ether oxygens (including phenoxy) is 1. The Balaban J connectivity index is 3.07. The summed E-state index contributed by atoms with van der Waals surface area (Å²) in [5, 5.41) is 9.74. The van der Waals surface area contributed by atoms with Crippen LogP contribution < -0.4 is 16.0 Å². The van der Waals surface area contributed by atoms with Gasteiger partial charge in [0.1, 0.15) is 12.1 Å². The largest absolute Gasteiger partial charge is 0.444 e. The lowest BCUT2D eigenvalue weighted by Crippen LogP contribution is -2.53. The standard InChI is InChI=1S/C13H18F3N5O4/c1-6(25-12(24)18-3)8(11(23)17-2)19-10(22)7-5-21(4)20-9(7)13(14,15)16/h5-6,8H,1-4H3,(H,17,23)(H,18,24)(H,19,22). The minimum atomic E-state index is -4.85. The Labute approximate surface area is 140 Å². The van der Waals surface area contributed by atoms with Crippen LogP contribution in [0.1, 0.15) is 23.0 Å². The molecule has 140 valence electrons. The molecule has 0 fully saturated rings. The SMILES string of the molecule is CNC(=O)OC(C)C(NC(=O)c1cn(C)nc1C(F)(F)F)C(=O)NC. The summed E-state index contributed by atoms with van der Waals surface area (Å²) >= 11 is 0. The molecule has 1 heterocycles. The molecule has 12 heteroatoms. The van der Waals surface area contributed by atoms with Gasteiger partial charge in [-0.2, -0.15) is 18.3 Å². The fourth-order valence-corrected chi connectivity index (χ4v) is 1.93. The van der Waals surface area contributed by atoms with Gasteiger partial charge in [-0.25, -0.2) is 4.79 Å². The number of hydrogen-bond acceptors (Lipinski definition) is 5. The van der Waals surface area contributed by atoms with Crippen molar-refractivity contribution in [2.75, 3.05) is 14.1 Å². The van der Waals surface area contributed by atoms with E-state index in [0.717, 1.165) is 10.9 Å². The highest BCUT2D eigenvalue weighted by molar-refractivity contribution is 5.98. The van der Waals surface area contributed by atoms with Crippen molar-refractivity contribution in [3.05, 3.63) is 17.5 Å². The molecule has 3 N–H and O–H groups in total. The molecule has 1 aromatic rings. The number of rotatable bonds is 5. The molecule has 25 heavy (non-hydrogen) atoms. The van der Waals surface area contributed by atoms with E-state index in [-0.39, 0.29) is 0 Å². The molecular weight excluding hydrogens is 347 g/mol. The number of carbonyl (C=O) groups excluding carboxylic acids is 3. The normalized spacial score (nSPS) is 13.6. The summed E-state index contributed by atoms with van der Waals surface area (Å²) in [7, 11) is 3.77. The Morgan fingerprint density at radius 1 is 1.24 bits per heavy atom. The molecule has 0 saturated heterocycles. The molecule has 0 aliphatic heterocycles. The summed E-state index contributed by atoms with van der Waals surface area (Å²) in [6, 6.07) is -1.41. The number of likely N-dealkylation sites (N-methyl/N-ethyl adjacent to an activating group) is 1. The Kier molecular flexibility index (Phi) is 6.36. The molecular formula is C13H18F3N5O4. The molecule has 2 unspecified atom stereocenters. The number of aromatic nitrogens is 2. The quantitative estimate of drug-likeness (QED) is 0.681. The number of halogens is 3. The molecule has 9 nitrogen and oxygen atoms in total. The maximum absolute atomic E-state index is 12.9. The average Bonchev–Trinajstić information content (AvgIpc) is 2.93. The third kappa shape index (κ3) is 5.09. The second-order valence-electron chi connectivity index (χ2n) is 4.99. The first-order valence-corrected chi connectivity index (χ1v) is 7.02. The van der Waals surface area contributed by atoms with E-state index in [0.29, 0.717) is 0 Å². The Hall–Kier alpha value is -2.79. The number of alkyl carbamates (subject to hydrolysis) is 1. The van der Waals surface area contributed by atoms with Gasteiger partial charge in [0, 0.05) is 27.3 Å². The molecule has 1 rings (SSSR count). The van der Waals surface area contributed by atoms with Crippen LogP contribution in [0.15, 0.2) is 6.20 Å². The van der Waals surface area contributed by atoms with Crippen molar-refractivity contribution in [3.63, 3.8) is 0 Å². The van der Waals surface area contributed by atoms with Crippen LogP contribution in [0.25, 0.3) is 0 Å². The molecule has 0 spiro atoms. The van der Waals surface area contributed by atoms with Gasteiger partial charge in [-0.1, -0.05) is 0 Å².